The fourth-order valence-corrected chi connectivity index (χ4v) is 3.42. The molecule has 2 heterocycles. The fraction of sp³-hybridized carbons (Fsp3) is 0.438. The molecule has 1 aromatic heterocycles. The van der Waals surface area contributed by atoms with Crippen molar-refractivity contribution in [3.63, 3.8) is 0 Å². The molecule has 106 valence electrons. The molecule has 4 heteroatoms. The van der Waals surface area contributed by atoms with Gasteiger partial charge in [-0.25, -0.2) is 4.98 Å². The van der Waals surface area contributed by atoms with E-state index in [-0.39, 0.29) is 0 Å². The summed E-state index contributed by atoms with van der Waals surface area (Å²) in [7, 11) is 1.72. The summed E-state index contributed by atoms with van der Waals surface area (Å²) in [6.07, 6.45) is 3.56. The Balaban J connectivity index is 2.21. The molecule has 1 aromatic carbocycles. The monoisotopic (exact) mass is 334 g/mol. The lowest BCUT2D eigenvalue weighted by atomic mass is 10.0. The predicted molar refractivity (Wildman–Crippen MR) is 84.3 cm³/mol. The van der Waals surface area contributed by atoms with Gasteiger partial charge in [0.15, 0.2) is 0 Å². The first-order valence-corrected chi connectivity index (χ1v) is 7.81. The summed E-state index contributed by atoms with van der Waals surface area (Å²) in [5, 5.41) is 0. The maximum atomic E-state index is 5.57. The van der Waals surface area contributed by atoms with Crippen molar-refractivity contribution in [2.24, 2.45) is 0 Å². The van der Waals surface area contributed by atoms with Crippen molar-refractivity contribution in [3.8, 4) is 17.1 Å². The second-order valence-corrected chi connectivity index (χ2v) is 6.17. The quantitative estimate of drug-likeness (QED) is 0.819. The van der Waals surface area contributed by atoms with Crippen LogP contribution >= 0.6 is 15.9 Å². The Hall–Kier alpha value is -1.29. The van der Waals surface area contributed by atoms with E-state index in [4.69, 9.17) is 9.72 Å². The van der Waals surface area contributed by atoms with Gasteiger partial charge in [-0.1, -0.05) is 0 Å². The molecular formula is C16H19BrN2O. The predicted octanol–water partition coefficient (Wildman–Crippen LogP) is 4.27. The molecule has 0 atom stereocenters. The number of benzene rings is 1. The highest BCUT2D eigenvalue weighted by Crippen LogP contribution is 2.36. The van der Waals surface area contributed by atoms with E-state index in [0.29, 0.717) is 0 Å². The van der Waals surface area contributed by atoms with E-state index < -0.39 is 0 Å². The Kier molecular flexibility index (Phi) is 3.59. The number of hydrogen-bond donors (Lipinski definition) is 0. The second-order valence-electron chi connectivity index (χ2n) is 5.42. The first kappa shape index (κ1) is 13.7. The van der Waals surface area contributed by atoms with Crippen molar-refractivity contribution in [1.29, 1.82) is 0 Å². The van der Waals surface area contributed by atoms with E-state index in [1.165, 1.54) is 29.7 Å². The molecule has 20 heavy (non-hydrogen) atoms. The molecule has 3 rings (SSSR count). The summed E-state index contributed by atoms with van der Waals surface area (Å²) < 4.78 is 8.88. The number of rotatable bonds is 2. The van der Waals surface area contributed by atoms with E-state index in [9.17, 15) is 0 Å². The molecule has 3 nitrogen and oxygen atoms in total. The standard InChI is InChI=1S/C16H19BrN2O/c1-10-8-12(14(20-3)9-11(10)2)16-18-15(17)13-6-4-5-7-19(13)16/h8-9H,4-7H2,1-3H3. The summed E-state index contributed by atoms with van der Waals surface area (Å²) in [5.41, 5.74) is 4.91. The summed E-state index contributed by atoms with van der Waals surface area (Å²) >= 11 is 3.61. The summed E-state index contributed by atoms with van der Waals surface area (Å²) in [6, 6.07) is 4.29. The van der Waals surface area contributed by atoms with Gasteiger partial charge in [-0.2, -0.15) is 0 Å². The van der Waals surface area contributed by atoms with E-state index in [1.54, 1.807) is 7.11 Å². The zero-order valence-electron chi connectivity index (χ0n) is 12.2. The molecule has 0 amide bonds. The lowest BCUT2D eigenvalue weighted by Crippen LogP contribution is -2.11. The van der Waals surface area contributed by atoms with Gasteiger partial charge in [0.05, 0.1) is 18.4 Å². The highest BCUT2D eigenvalue weighted by Gasteiger charge is 2.22. The van der Waals surface area contributed by atoms with Gasteiger partial charge in [0.2, 0.25) is 0 Å². The highest BCUT2D eigenvalue weighted by molar-refractivity contribution is 9.10. The average molecular weight is 335 g/mol. The topological polar surface area (TPSA) is 27.1 Å². The average Bonchev–Trinajstić information content (AvgIpc) is 2.79. The maximum Gasteiger partial charge on any atom is 0.145 e. The lowest BCUT2D eigenvalue weighted by Gasteiger charge is -2.18. The number of nitrogens with zero attached hydrogens (tertiary/aromatic N) is 2. The molecule has 1 aliphatic rings. The molecule has 0 spiro atoms. The van der Waals surface area contributed by atoms with Crippen molar-refractivity contribution < 1.29 is 4.74 Å². The molecule has 0 saturated heterocycles. The van der Waals surface area contributed by atoms with Crippen LogP contribution in [0.2, 0.25) is 0 Å². The largest absolute Gasteiger partial charge is 0.496 e. The van der Waals surface area contributed by atoms with E-state index >= 15 is 0 Å². The van der Waals surface area contributed by atoms with Crippen molar-refractivity contribution in [2.45, 2.75) is 39.7 Å². The minimum atomic E-state index is 0.902. The van der Waals surface area contributed by atoms with E-state index in [2.05, 4.69) is 46.5 Å². The van der Waals surface area contributed by atoms with Crippen LogP contribution < -0.4 is 4.74 Å². The van der Waals surface area contributed by atoms with Crippen molar-refractivity contribution in [1.82, 2.24) is 9.55 Å². The number of imidazole rings is 1. The molecule has 0 bridgehead atoms. The molecule has 2 aromatic rings. The Morgan fingerprint density at radius 3 is 2.70 bits per heavy atom. The van der Waals surface area contributed by atoms with E-state index in [1.807, 2.05) is 0 Å². The van der Waals surface area contributed by atoms with E-state index in [0.717, 1.165) is 34.7 Å². The van der Waals surface area contributed by atoms with Gasteiger partial charge in [0.25, 0.3) is 0 Å². The third kappa shape index (κ3) is 2.16. The maximum absolute atomic E-state index is 5.57. The summed E-state index contributed by atoms with van der Waals surface area (Å²) in [4.78, 5) is 4.74. The SMILES string of the molecule is COc1cc(C)c(C)cc1-c1nc(Br)c2n1CCCC2. The first-order chi connectivity index (χ1) is 9.61. The molecule has 0 N–H and O–H groups in total. The number of aryl methyl sites for hydroxylation is 2. The van der Waals surface area contributed by atoms with Gasteiger partial charge in [0.1, 0.15) is 16.2 Å². The van der Waals surface area contributed by atoms with Crippen LogP contribution in [0.1, 0.15) is 29.7 Å². The third-order valence-electron chi connectivity index (χ3n) is 4.13. The number of methoxy groups -OCH3 is 1. The zero-order chi connectivity index (χ0) is 14.3. The molecule has 0 saturated carbocycles. The second kappa shape index (κ2) is 5.24. The van der Waals surface area contributed by atoms with Gasteiger partial charge >= 0.3 is 0 Å². The molecule has 0 aliphatic carbocycles. The summed E-state index contributed by atoms with van der Waals surface area (Å²) in [6.45, 7) is 5.28. The van der Waals surface area contributed by atoms with Crippen molar-refractivity contribution in [2.75, 3.05) is 7.11 Å². The number of fused-ring (bicyclic) bond motifs is 1. The normalized spacial score (nSPS) is 14.2. The number of ether oxygens (including phenoxy) is 1. The third-order valence-corrected chi connectivity index (χ3v) is 4.76. The van der Waals surface area contributed by atoms with Gasteiger partial charge in [0, 0.05) is 6.54 Å². The Morgan fingerprint density at radius 2 is 1.95 bits per heavy atom. The van der Waals surface area contributed by atoms with Crippen LogP contribution in [0.3, 0.4) is 0 Å². The number of hydrogen-bond acceptors (Lipinski definition) is 2. The van der Waals surface area contributed by atoms with Crippen molar-refractivity contribution in [3.05, 3.63) is 33.6 Å². The highest BCUT2D eigenvalue weighted by atomic mass is 79.9. The Morgan fingerprint density at radius 1 is 1.20 bits per heavy atom. The summed E-state index contributed by atoms with van der Waals surface area (Å²) in [5.74, 6) is 1.92. The van der Waals surface area contributed by atoms with Gasteiger partial charge < -0.3 is 9.30 Å². The van der Waals surface area contributed by atoms with Gasteiger partial charge in [-0.15, -0.1) is 0 Å². The Labute approximate surface area is 128 Å². The molecule has 0 unspecified atom stereocenters. The molecule has 1 aliphatic heterocycles. The minimum absolute atomic E-state index is 0.902. The smallest absolute Gasteiger partial charge is 0.145 e. The Bertz CT molecular complexity index is 661. The van der Waals surface area contributed by atoms with Gasteiger partial charge in [-0.3, -0.25) is 0 Å². The van der Waals surface area contributed by atoms with Crippen LogP contribution in [0.25, 0.3) is 11.4 Å². The fourth-order valence-electron chi connectivity index (χ4n) is 2.84. The van der Waals surface area contributed by atoms with Crippen LogP contribution in [-0.4, -0.2) is 16.7 Å². The molecule has 0 radical (unpaired) electrons. The molecule has 0 fully saturated rings. The number of halogens is 1. The first-order valence-electron chi connectivity index (χ1n) is 7.02. The van der Waals surface area contributed by atoms with Crippen LogP contribution in [0.4, 0.5) is 0 Å². The lowest BCUT2D eigenvalue weighted by molar-refractivity contribution is 0.415. The van der Waals surface area contributed by atoms with Gasteiger partial charge in [-0.05, 0) is 72.3 Å². The van der Waals surface area contributed by atoms with Crippen LogP contribution in [-0.2, 0) is 13.0 Å². The zero-order valence-corrected chi connectivity index (χ0v) is 13.7. The number of aromatic nitrogens is 2. The van der Waals surface area contributed by atoms with Crippen LogP contribution in [0, 0.1) is 13.8 Å². The minimum Gasteiger partial charge on any atom is -0.496 e. The van der Waals surface area contributed by atoms with Crippen molar-refractivity contribution >= 4 is 15.9 Å². The molecular weight excluding hydrogens is 316 g/mol. The van der Waals surface area contributed by atoms with Crippen LogP contribution in [0.15, 0.2) is 16.7 Å². The van der Waals surface area contributed by atoms with Crippen LogP contribution in [0.5, 0.6) is 5.75 Å².